The highest BCUT2D eigenvalue weighted by Crippen LogP contribution is 2.31. The summed E-state index contributed by atoms with van der Waals surface area (Å²) in [6, 6.07) is 0. The minimum atomic E-state index is 0.146. The Morgan fingerprint density at radius 1 is 1.19 bits per heavy atom. The van der Waals surface area contributed by atoms with Crippen LogP contribution in [0.1, 0.15) is 58.6 Å². The van der Waals surface area contributed by atoms with Gasteiger partial charge in [0.1, 0.15) is 5.15 Å². The van der Waals surface area contributed by atoms with Crippen molar-refractivity contribution in [2.24, 2.45) is 0 Å². The molecule has 0 spiro atoms. The molecule has 0 fully saturated rings. The van der Waals surface area contributed by atoms with Crippen LogP contribution in [0.2, 0.25) is 5.15 Å². The molecule has 1 atom stereocenters. The molecule has 90 valence electrons. The van der Waals surface area contributed by atoms with Gasteiger partial charge in [0.2, 0.25) is 0 Å². The number of hydrogen-bond acceptors (Lipinski definition) is 2. The third-order valence-corrected chi connectivity index (χ3v) is 3.55. The van der Waals surface area contributed by atoms with Gasteiger partial charge in [-0.05, 0) is 12.8 Å². The maximum Gasteiger partial charge on any atom is 0.147 e. The summed E-state index contributed by atoms with van der Waals surface area (Å²) in [5, 5.41) is 0.468. The van der Waals surface area contributed by atoms with Crippen LogP contribution in [0, 0.1) is 0 Å². The summed E-state index contributed by atoms with van der Waals surface area (Å²) in [5.74, 6) is 0. The fourth-order valence-electron chi connectivity index (χ4n) is 1.88. The highest BCUT2D eigenvalue weighted by Gasteiger charge is 2.25. The van der Waals surface area contributed by atoms with E-state index in [1.54, 1.807) is 6.20 Å². The molecule has 3 heteroatoms. The van der Waals surface area contributed by atoms with Gasteiger partial charge < -0.3 is 0 Å². The number of nitrogens with zero attached hydrogens (tertiary/aromatic N) is 2. The molecule has 0 amide bonds. The Morgan fingerprint density at radius 2 is 1.94 bits per heavy atom. The lowest BCUT2D eigenvalue weighted by atomic mass is 9.79. The summed E-state index contributed by atoms with van der Waals surface area (Å²) >= 11 is 5.76. The van der Waals surface area contributed by atoms with E-state index < -0.39 is 0 Å². The van der Waals surface area contributed by atoms with Gasteiger partial charge in [-0.2, -0.15) is 0 Å². The molecule has 0 aromatic carbocycles. The summed E-state index contributed by atoms with van der Waals surface area (Å²) in [7, 11) is 0. The van der Waals surface area contributed by atoms with Gasteiger partial charge in [-0.3, -0.25) is 4.98 Å². The molecule has 0 aliphatic rings. The van der Waals surface area contributed by atoms with Crippen LogP contribution in [0.5, 0.6) is 0 Å². The largest absolute Gasteiger partial charge is 0.256 e. The fraction of sp³-hybridized carbons (Fsp3) is 0.692. The first-order valence-corrected chi connectivity index (χ1v) is 6.48. The van der Waals surface area contributed by atoms with Crippen molar-refractivity contribution in [3.63, 3.8) is 0 Å². The molecule has 1 heterocycles. The van der Waals surface area contributed by atoms with Crippen molar-refractivity contribution >= 4 is 11.6 Å². The van der Waals surface area contributed by atoms with Crippen molar-refractivity contribution in [2.45, 2.75) is 58.3 Å². The van der Waals surface area contributed by atoms with Crippen molar-refractivity contribution < 1.29 is 0 Å². The Labute approximate surface area is 103 Å². The molecule has 0 radical (unpaired) electrons. The van der Waals surface area contributed by atoms with Crippen LogP contribution in [0.25, 0.3) is 0 Å². The topological polar surface area (TPSA) is 25.8 Å². The van der Waals surface area contributed by atoms with E-state index in [4.69, 9.17) is 11.6 Å². The zero-order valence-electron chi connectivity index (χ0n) is 10.5. The second-order valence-corrected chi connectivity index (χ2v) is 4.98. The van der Waals surface area contributed by atoms with Gasteiger partial charge in [-0.1, -0.05) is 51.6 Å². The predicted molar refractivity (Wildman–Crippen MR) is 68.8 cm³/mol. The van der Waals surface area contributed by atoms with E-state index in [0.29, 0.717) is 5.15 Å². The average molecular weight is 241 g/mol. The summed E-state index contributed by atoms with van der Waals surface area (Å²) in [5.41, 5.74) is 1.21. The van der Waals surface area contributed by atoms with Crippen molar-refractivity contribution in [3.05, 3.63) is 23.2 Å². The normalized spacial score (nSPS) is 14.8. The Kier molecular flexibility index (Phi) is 5.20. The Hall–Kier alpha value is -0.630. The first-order chi connectivity index (χ1) is 7.62. The van der Waals surface area contributed by atoms with Crippen LogP contribution in [-0.4, -0.2) is 9.97 Å². The van der Waals surface area contributed by atoms with Gasteiger partial charge in [0, 0.05) is 5.41 Å². The molecule has 0 saturated heterocycles. The van der Waals surface area contributed by atoms with Crippen molar-refractivity contribution in [1.82, 2.24) is 9.97 Å². The molecule has 0 saturated carbocycles. The van der Waals surface area contributed by atoms with E-state index >= 15 is 0 Å². The van der Waals surface area contributed by atoms with Gasteiger partial charge in [0.25, 0.3) is 0 Å². The van der Waals surface area contributed by atoms with Gasteiger partial charge in [0.15, 0.2) is 0 Å². The SMILES string of the molecule is CCCCCC(C)(CC)c1cnc(Cl)cn1. The van der Waals surface area contributed by atoms with Crippen LogP contribution in [0.15, 0.2) is 12.4 Å². The molecule has 1 rings (SSSR count). The maximum absolute atomic E-state index is 5.76. The van der Waals surface area contributed by atoms with E-state index in [2.05, 4.69) is 30.7 Å². The fourth-order valence-corrected chi connectivity index (χ4v) is 1.97. The number of rotatable bonds is 6. The van der Waals surface area contributed by atoms with E-state index in [1.165, 1.54) is 25.7 Å². The third-order valence-electron chi connectivity index (χ3n) is 3.35. The Morgan fingerprint density at radius 3 is 2.44 bits per heavy atom. The zero-order valence-corrected chi connectivity index (χ0v) is 11.2. The lowest BCUT2D eigenvalue weighted by Crippen LogP contribution is -2.22. The van der Waals surface area contributed by atoms with Crippen molar-refractivity contribution in [2.75, 3.05) is 0 Å². The third kappa shape index (κ3) is 3.44. The van der Waals surface area contributed by atoms with Crippen LogP contribution < -0.4 is 0 Å². The van der Waals surface area contributed by atoms with E-state index in [-0.39, 0.29) is 5.41 Å². The standard InChI is InChI=1S/C13H21ClN2/c1-4-6-7-8-13(3,5-2)11-9-16-12(14)10-15-11/h9-10H,4-8H2,1-3H3. The molecule has 0 aliphatic carbocycles. The highest BCUT2D eigenvalue weighted by atomic mass is 35.5. The van der Waals surface area contributed by atoms with E-state index in [0.717, 1.165) is 12.1 Å². The molecule has 0 aliphatic heterocycles. The second-order valence-electron chi connectivity index (χ2n) is 4.60. The number of halogens is 1. The van der Waals surface area contributed by atoms with E-state index in [1.807, 2.05) is 6.20 Å². The highest BCUT2D eigenvalue weighted by molar-refractivity contribution is 6.29. The predicted octanol–water partition coefficient (Wildman–Crippen LogP) is 4.38. The second kappa shape index (κ2) is 6.19. The molecule has 16 heavy (non-hydrogen) atoms. The van der Waals surface area contributed by atoms with Gasteiger partial charge in [0.05, 0.1) is 18.1 Å². The Bertz CT molecular complexity index is 310. The molecule has 0 bridgehead atoms. The lowest BCUT2D eigenvalue weighted by Gasteiger charge is -2.27. The van der Waals surface area contributed by atoms with Crippen LogP contribution >= 0.6 is 11.6 Å². The van der Waals surface area contributed by atoms with Gasteiger partial charge >= 0.3 is 0 Å². The minimum Gasteiger partial charge on any atom is -0.256 e. The van der Waals surface area contributed by atoms with Gasteiger partial charge in [-0.15, -0.1) is 0 Å². The molecule has 0 N–H and O–H groups in total. The van der Waals surface area contributed by atoms with E-state index in [9.17, 15) is 0 Å². The monoisotopic (exact) mass is 240 g/mol. The molecule has 1 aromatic rings. The quantitative estimate of drug-likeness (QED) is 0.690. The number of aromatic nitrogens is 2. The smallest absolute Gasteiger partial charge is 0.147 e. The van der Waals surface area contributed by atoms with Crippen molar-refractivity contribution in [1.29, 1.82) is 0 Å². The number of hydrogen-bond donors (Lipinski definition) is 0. The summed E-state index contributed by atoms with van der Waals surface area (Å²) in [6.07, 6.45) is 9.52. The molecule has 1 unspecified atom stereocenters. The van der Waals surface area contributed by atoms with Crippen LogP contribution in [-0.2, 0) is 5.41 Å². The maximum atomic E-state index is 5.76. The first kappa shape index (κ1) is 13.4. The average Bonchev–Trinajstić information content (AvgIpc) is 2.30. The molecule has 1 aromatic heterocycles. The van der Waals surface area contributed by atoms with Crippen LogP contribution in [0.4, 0.5) is 0 Å². The van der Waals surface area contributed by atoms with Crippen molar-refractivity contribution in [3.8, 4) is 0 Å². The minimum absolute atomic E-state index is 0.146. The summed E-state index contributed by atoms with van der Waals surface area (Å²) in [4.78, 5) is 8.53. The first-order valence-electron chi connectivity index (χ1n) is 6.10. The number of unbranched alkanes of at least 4 members (excludes halogenated alkanes) is 2. The van der Waals surface area contributed by atoms with Gasteiger partial charge in [-0.25, -0.2) is 4.98 Å². The molecular formula is C13H21ClN2. The lowest BCUT2D eigenvalue weighted by molar-refractivity contribution is 0.386. The summed E-state index contributed by atoms with van der Waals surface area (Å²) in [6.45, 7) is 6.70. The zero-order chi connectivity index (χ0) is 12.0. The van der Waals surface area contributed by atoms with Crippen LogP contribution in [0.3, 0.4) is 0 Å². The molecule has 2 nitrogen and oxygen atoms in total. The Balaban J connectivity index is 2.74. The molecular weight excluding hydrogens is 220 g/mol. The summed E-state index contributed by atoms with van der Waals surface area (Å²) < 4.78 is 0.